The monoisotopic (exact) mass is 373 g/mol. The van der Waals surface area contributed by atoms with Crippen LogP contribution < -0.4 is 5.56 Å². The van der Waals surface area contributed by atoms with E-state index in [0.29, 0.717) is 12.3 Å². The van der Waals surface area contributed by atoms with Gasteiger partial charge in [-0.1, -0.05) is 6.07 Å². The van der Waals surface area contributed by atoms with Crippen molar-refractivity contribution in [2.45, 2.75) is 45.7 Å². The number of H-pyrrole nitrogens is 1. The predicted molar refractivity (Wildman–Crippen MR) is 103 cm³/mol. The first-order valence-corrected chi connectivity index (χ1v) is 9.22. The third kappa shape index (κ3) is 3.55. The Kier molecular flexibility index (Phi) is 5.51. The van der Waals surface area contributed by atoms with Crippen LogP contribution in [0, 0.1) is 4.77 Å². The van der Waals surface area contributed by atoms with Gasteiger partial charge in [0.1, 0.15) is 5.56 Å². The van der Waals surface area contributed by atoms with Gasteiger partial charge in [-0.3, -0.25) is 24.3 Å². The van der Waals surface area contributed by atoms with E-state index in [1.165, 1.54) is 4.57 Å². The average molecular weight is 373 g/mol. The van der Waals surface area contributed by atoms with Crippen LogP contribution in [0.3, 0.4) is 0 Å². The maximum Gasteiger partial charge on any atom is 0.264 e. The van der Waals surface area contributed by atoms with E-state index in [4.69, 9.17) is 12.2 Å². The maximum atomic E-state index is 12.4. The second-order valence-corrected chi connectivity index (χ2v) is 6.74. The number of hydrogen-bond donors (Lipinski definition) is 2. The van der Waals surface area contributed by atoms with Gasteiger partial charge in [-0.25, -0.2) is 0 Å². The topological polar surface area (TPSA) is 86.5 Å². The highest BCUT2D eigenvalue weighted by Gasteiger charge is 2.24. The van der Waals surface area contributed by atoms with Crippen LogP contribution in [0.15, 0.2) is 34.4 Å². The molecule has 0 bridgehead atoms. The molecule has 0 saturated carbocycles. The van der Waals surface area contributed by atoms with Gasteiger partial charge in [-0.2, -0.15) is 5.10 Å². The van der Waals surface area contributed by atoms with Gasteiger partial charge in [-0.05, 0) is 57.0 Å². The number of piperidine rings is 1. The number of nitrogens with zero attached hydrogens (tertiary/aromatic N) is 4. The third-order valence-electron chi connectivity index (χ3n) is 4.67. The lowest BCUT2D eigenvalue weighted by molar-refractivity contribution is 0.155. The Balaban J connectivity index is 2.01. The van der Waals surface area contributed by atoms with Crippen molar-refractivity contribution in [2.75, 3.05) is 6.54 Å². The van der Waals surface area contributed by atoms with Crippen molar-refractivity contribution >= 4 is 17.9 Å². The van der Waals surface area contributed by atoms with Crippen molar-refractivity contribution in [1.29, 1.82) is 0 Å². The molecule has 2 aromatic rings. The number of pyridine rings is 1. The van der Waals surface area contributed by atoms with Gasteiger partial charge in [-0.15, -0.1) is 0 Å². The van der Waals surface area contributed by atoms with E-state index < -0.39 is 5.56 Å². The Morgan fingerprint density at radius 1 is 1.50 bits per heavy atom. The van der Waals surface area contributed by atoms with E-state index in [1.807, 2.05) is 30.3 Å². The van der Waals surface area contributed by atoms with Crippen molar-refractivity contribution in [3.8, 4) is 5.88 Å². The Morgan fingerprint density at radius 3 is 3.00 bits per heavy atom. The van der Waals surface area contributed by atoms with Crippen LogP contribution in [0.5, 0.6) is 5.88 Å². The lowest BCUT2D eigenvalue weighted by Crippen LogP contribution is -2.31. The molecule has 138 valence electrons. The van der Waals surface area contributed by atoms with E-state index in [9.17, 15) is 9.90 Å². The molecule has 1 fully saturated rings. The zero-order chi connectivity index (χ0) is 18.7. The predicted octanol–water partition coefficient (Wildman–Crippen LogP) is 2.98. The molecule has 2 N–H and O–H groups in total. The number of rotatable bonds is 4. The van der Waals surface area contributed by atoms with Crippen LogP contribution >= 0.6 is 12.2 Å². The number of nitrogens with one attached hydrogen (secondary N) is 1. The second-order valence-electron chi connectivity index (χ2n) is 6.35. The summed E-state index contributed by atoms with van der Waals surface area (Å²) in [6.45, 7) is 4.85. The summed E-state index contributed by atoms with van der Waals surface area (Å²) in [7, 11) is 0. The van der Waals surface area contributed by atoms with Gasteiger partial charge in [0.25, 0.3) is 5.56 Å². The van der Waals surface area contributed by atoms with E-state index in [-0.39, 0.29) is 22.3 Å². The minimum absolute atomic E-state index is 0.116. The number of hydrazone groups is 1. The molecule has 0 radical (unpaired) electrons. The summed E-state index contributed by atoms with van der Waals surface area (Å²) in [5.41, 5.74) is 1.31. The standard InChI is InChI=1S/C18H23N5O2S/c1-3-22-17(25)15(16(24)20-18(22)26)12(2)21-23-10-5-4-8-14(23)13-7-6-9-19-11-13/h6-7,9,11,14,25H,3-5,8,10H2,1-2H3,(H,20,24,26)/b21-12+/t14-/m0/s1. The highest BCUT2D eigenvalue weighted by Crippen LogP contribution is 2.31. The van der Waals surface area contributed by atoms with Gasteiger partial charge in [0.15, 0.2) is 4.77 Å². The van der Waals surface area contributed by atoms with E-state index >= 15 is 0 Å². The van der Waals surface area contributed by atoms with Crippen LogP contribution in [-0.2, 0) is 6.54 Å². The average Bonchev–Trinajstić information content (AvgIpc) is 2.63. The lowest BCUT2D eigenvalue weighted by atomic mass is 9.98. The Labute approximate surface area is 157 Å². The molecule has 8 heteroatoms. The molecule has 3 rings (SSSR count). The van der Waals surface area contributed by atoms with Crippen molar-refractivity contribution < 1.29 is 5.11 Å². The van der Waals surface area contributed by atoms with Gasteiger partial charge >= 0.3 is 0 Å². The minimum Gasteiger partial charge on any atom is -0.494 e. The summed E-state index contributed by atoms with van der Waals surface area (Å²) in [6, 6.07) is 4.08. The number of hydrogen-bond acceptors (Lipinski definition) is 6. The van der Waals surface area contributed by atoms with Crippen LogP contribution in [0.25, 0.3) is 0 Å². The van der Waals surface area contributed by atoms with Crippen LogP contribution in [0.2, 0.25) is 0 Å². The smallest absolute Gasteiger partial charge is 0.264 e. The van der Waals surface area contributed by atoms with E-state index in [0.717, 1.165) is 31.4 Å². The molecule has 1 aliphatic rings. The summed E-state index contributed by atoms with van der Waals surface area (Å²) in [5, 5.41) is 17.2. The SMILES string of the molecule is CCn1c(O)c(/C(C)=N/N2CCCC[C@H]2c2cccnc2)c(=O)[nH]c1=S. The zero-order valence-corrected chi connectivity index (χ0v) is 15.8. The molecule has 0 spiro atoms. The van der Waals surface area contributed by atoms with Crippen molar-refractivity contribution in [3.05, 3.63) is 50.8 Å². The number of aromatic hydroxyl groups is 1. The van der Waals surface area contributed by atoms with E-state index in [1.54, 1.807) is 13.1 Å². The summed E-state index contributed by atoms with van der Waals surface area (Å²) < 4.78 is 1.69. The summed E-state index contributed by atoms with van der Waals surface area (Å²) >= 11 is 5.11. The molecule has 2 aromatic heterocycles. The van der Waals surface area contributed by atoms with Gasteiger partial charge < -0.3 is 5.11 Å². The Bertz CT molecular complexity index is 919. The van der Waals surface area contributed by atoms with Crippen LogP contribution in [-0.4, -0.2) is 36.9 Å². The summed E-state index contributed by atoms with van der Waals surface area (Å²) in [6.07, 6.45) is 6.75. The molecule has 3 heterocycles. The first-order chi connectivity index (χ1) is 12.5. The maximum absolute atomic E-state index is 12.4. The molecular weight excluding hydrogens is 350 g/mol. The second kappa shape index (κ2) is 7.82. The molecule has 0 aliphatic carbocycles. The quantitative estimate of drug-likeness (QED) is 0.636. The van der Waals surface area contributed by atoms with Crippen LogP contribution in [0.1, 0.15) is 50.3 Å². The first-order valence-electron chi connectivity index (χ1n) is 8.81. The molecule has 1 aliphatic heterocycles. The largest absolute Gasteiger partial charge is 0.494 e. The number of aromatic nitrogens is 3. The number of aromatic amines is 1. The van der Waals surface area contributed by atoms with Crippen molar-refractivity contribution in [2.24, 2.45) is 5.10 Å². The van der Waals surface area contributed by atoms with Crippen molar-refractivity contribution in [1.82, 2.24) is 19.5 Å². The minimum atomic E-state index is -0.423. The fourth-order valence-corrected chi connectivity index (χ4v) is 3.68. The molecule has 1 atom stereocenters. The first kappa shape index (κ1) is 18.3. The normalized spacial score (nSPS) is 18.2. The molecule has 7 nitrogen and oxygen atoms in total. The Morgan fingerprint density at radius 2 is 2.31 bits per heavy atom. The molecular formula is C18H23N5O2S. The molecule has 0 unspecified atom stereocenters. The fourth-order valence-electron chi connectivity index (χ4n) is 3.37. The molecule has 0 amide bonds. The molecule has 0 aromatic carbocycles. The van der Waals surface area contributed by atoms with Gasteiger partial charge in [0, 0.05) is 25.5 Å². The Hall–Kier alpha value is -2.48. The highest BCUT2D eigenvalue weighted by molar-refractivity contribution is 7.71. The van der Waals surface area contributed by atoms with Gasteiger partial charge in [0.05, 0.1) is 11.8 Å². The van der Waals surface area contributed by atoms with Crippen molar-refractivity contribution in [3.63, 3.8) is 0 Å². The lowest BCUT2D eigenvalue weighted by Gasteiger charge is -2.34. The third-order valence-corrected chi connectivity index (χ3v) is 4.99. The summed E-state index contributed by atoms with van der Waals surface area (Å²) in [4.78, 5) is 19.2. The van der Waals surface area contributed by atoms with Gasteiger partial charge in [0.2, 0.25) is 5.88 Å². The zero-order valence-electron chi connectivity index (χ0n) is 15.0. The van der Waals surface area contributed by atoms with E-state index in [2.05, 4.69) is 15.1 Å². The molecule has 26 heavy (non-hydrogen) atoms. The molecule has 1 saturated heterocycles. The van der Waals surface area contributed by atoms with Crippen LogP contribution in [0.4, 0.5) is 0 Å². The summed E-state index contributed by atoms with van der Waals surface area (Å²) in [5.74, 6) is -0.141. The highest BCUT2D eigenvalue weighted by atomic mass is 32.1. The fraction of sp³-hybridized carbons (Fsp3) is 0.444.